The highest BCUT2D eigenvalue weighted by Crippen LogP contribution is 2.17. The van der Waals surface area contributed by atoms with Gasteiger partial charge >= 0.3 is 0 Å². The standard InChI is InChI=1S/C15H15ClN2O/c1-11-14(4-2-12-6-8-19-9-7-12)17-15-5-3-13(16)10-18(11)15/h3,5,10,12H,6-9H2,1H3. The first kappa shape index (κ1) is 12.5. The molecule has 0 unspecified atom stereocenters. The molecule has 0 saturated carbocycles. The van der Waals surface area contributed by atoms with Gasteiger partial charge in [-0.2, -0.15) is 0 Å². The molecule has 1 saturated heterocycles. The molecule has 0 aliphatic carbocycles. The Morgan fingerprint density at radius 3 is 2.95 bits per heavy atom. The average Bonchev–Trinajstić information content (AvgIpc) is 2.74. The molecule has 0 atom stereocenters. The molecule has 2 aromatic heterocycles. The first-order chi connectivity index (χ1) is 9.24. The van der Waals surface area contributed by atoms with Gasteiger partial charge in [0.25, 0.3) is 0 Å². The maximum Gasteiger partial charge on any atom is 0.138 e. The third-order valence-corrected chi connectivity index (χ3v) is 3.66. The van der Waals surface area contributed by atoms with E-state index < -0.39 is 0 Å². The van der Waals surface area contributed by atoms with Crippen LogP contribution in [-0.4, -0.2) is 22.6 Å². The maximum absolute atomic E-state index is 6.00. The zero-order valence-electron chi connectivity index (χ0n) is 10.8. The summed E-state index contributed by atoms with van der Waals surface area (Å²) in [6.07, 6.45) is 3.91. The predicted molar refractivity (Wildman–Crippen MR) is 75.4 cm³/mol. The topological polar surface area (TPSA) is 26.5 Å². The summed E-state index contributed by atoms with van der Waals surface area (Å²) in [6.45, 7) is 3.66. The van der Waals surface area contributed by atoms with Crippen molar-refractivity contribution in [1.29, 1.82) is 0 Å². The van der Waals surface area contributed by atoms with Gasteiger partial charge in [0, 0.05) is 25.3 Å². The molecule has 0 bridgehead atoms. The molecule has 3 nitrogen and oxygen atoms in total. The zero-order valence-corrected chi connectivity index (χ0v) is 11.6. The van der Waals surface area contributed by atoms with Crippen molar-refractivity contribution in [3.05, 3.63) is 34.7 Å². The summed E-state index contributed by atoms with van der Waals surface area (Å²) in [4.78, 5) is 4.54. The minimum Gasteiger partial charge on any atom is -0.381 e. The van der Waals surface area contributed by atoms with Gasteiger partial charge in [-0.1, -0.05) is 17.5 Å². The number of nitrogens with zero attached hydrogens (tertiary/aromatic N) is 2. The summed E-state index contributed by atoms with van der Waals surface area (Å²) in [5, 5.41) is 0.705. The van der Waals surface area contributed by atoms with Gasteiger partial charge in [0.2, 0.25) is 0 Å². The molecule has 2 aromatic rings. The van der Waals surface area contributed by atoms with E-state index in [1.54, 1.807) is 0 Å². The van der Waals surface area contributed by atoms with Crippen molar-refractivity contribution in [1.82, 2.24) is 9.38 Å². The normalized spacial score (nSPS) is 16.3. The Balaban J connectivity index is 1.92. The number of fused-ring (bicyclic) bond motifs is 1. The van der Waals surface area contributed by atoms with E-state index in [1.165, 1.54) is 0 Å². The van der Waals surface area contributed by atoms with Crippen LogP contribution in [0.4, 0.5) is 0 Å². The van der Waals surface area contributed by atoms with Gasteiger partial charge in [0.15, 0.2) is 0 Å². The van der Waals surface area contributed by atoms with E-state index in [0.29, 0.717) is 10.9 Å². The van der Waals surface area contributed by atoms with Gasteiger partial charge in [0.1, 0.15) is 11.3 Å². The van der Waals surface area contributed by atoms with Crippen LogP contribution in [0.25, 0.3) is 5.65 Å². The molecule has 4 heteroatoms. The van der Waals surface area contributed by atoms with Crippen molar-refractivity contribution in [2.45, 2.75) is 19.8 Å². The Bertz CT molecular complexity index is 660. The summed E-state index contributed by atoms with van der Waals surface area (Å²) in [5.74, 6) is 6.96. The van der Waals surface area contributed by atoms with Crippen LogP contribution in [-0.2, 0) is 4.74 Å². The second-order valence-corrected chi connectivity index (χ2v) is 5.21. The molecule has 19 heavy (non-hydrogen) atoms. The summed E-state index contributed by atoms with van der Waals surface area (Å²) < 4.78 is 7.32. The highest BCUT2D eigenvalue weighted by atomic mass is 35.5. The van der Waals surface area contributed by atoms with Crippen LogP contribution in [0.3, 0.4) is 0 Å². The van der Waals surface area contributed by atoms with Crippen LogP contribution >= 0.6 is 11.6 Å². The second kappa shape index (κ2) is 5.24. The number of aryl methyl sites for hydroxylation is 1. The minimum atomic E-state index is 0.432. The molecular weight excluding hydrogens is 260 g/mol. The van der Waals surface area contributed by atoms with Crippen molar-refractivity contribution in [3.8, 4) is 11.8 Å². The van der Waals surface area contributed by atoms with E-state index in [1.807, 2.05) is 29.7 Å². The zero-order chi connectivity index (χ0) is 13.2. The van der Waals surface area contributed by atoms with Crippen molar-refractivity contribution in [2.24, 2.45) is 5.92 Å². The van der Waals surface area contributed by atoms with Crippen molar-refractivity contribution in [2.75, 3.05) is 13.2 Å². The molecule has 0 radical (unpaired) electrons. The summed E-state index contributed by atoms with van der Waals surface area (Å²) in [7, 11) is 0. The largest absolute Gasteiger partial charge is 0.381 e. The summed E-state index contributed by atoms with van der Waals surface area (Å²) >= 11 is 6.00. The monoisotopic (exact) mass is 274 g/mol. The van der Waals surface area contributed by atoms with Crippen LogP contribution in [0, 0.1) is 24.7 Å². The Hall–Kier alpha value is -1.50. The molecule has 1 fully saturated rings. The first-order valence-corrected chi connectivity index (χ1v) is 6.85. The third kappa shape index (κ3) is 2.60. The Morgan fingerprint density at radius 2 is 2.16 bits per heavy atom. The average molecular weight is 275 g/mol. The lowest BCUT2D eigenvalue weighted by atomic mass is 10.0. The smallest absolute Gasteiger partial charge is 0.138 e. The lowest BCUT2D eigenvalue weighted by Gasteiger charge is -2.16. The minimum absolute atomic E-state index is 0.432. The molecule has 3 heterocycles. The Kier molecular flexibility index (Phi) is 3.46. The van der Waals surface area contributed by atoms with Crippen LogP contribution in [0.15, 0.2) is 18.3 Å². The molecule has 0 amide bonds. The molecule has 0 aromatic carbocycles. The fourth-order valence-electron chi connectivity index (χ4n) is 2.27. The second-order valence-electron chi connectivity index (χ2n) is 4.78. The predicted octanol–water partition coefficient (Wildman–Crippen LogP) is 3.07. The molecule has 98 valence electrons. The number of aromatic nitrogens is 2. The number of pyridine rings is 1. The van der Waals surface area contributed by atoms with Crippen LogP contribution in [0.2, 0.25) is 5.02 Å². The molecule has 1 aliphatic heterocycles. The molecule has 1 aliphatic rings. The van der Waals surface area contributed by atoms with Crippen molar-refractivity contribution >= 4 is 17.2 Å². The van der Waals surface area contributed by atoms with Gasteiger partial charge in [-0.25, -0.2) is 4.98 Å². The lowest BCUT2D eigenvalue weighted by molar-refractivity contribution is 0.0807. The molecule has 0 spiro atoms. The third-order valence-electron chi connectivity index (χ3n) is 3.44. The lowest BCUT2D eigenvalue weighted by Crippen LogP contribution is -2.13. The highest BCUT2D eigenvalue weighted by molar-refractivity contribution is 6.30. The van der Waals surface area contributed by atoms with E-state index in [4.69, 9.17) is 16.3 Å². The molecular formula is C15H15ClN2O. The number of halogens is 1. The SMILES string of the molecule is Cc1c(C#CC2CCOCC2)nc2ccc(Cl)cn12. The van der Waals surface area contributed by atoms with Crippen molar-refractivity contribution in [3.63, 3.8) is 0 Å². The van der Waals surface area contributed by atoms with Gasteiger partial charge < -0.3 is 9.14 Å². The van der Waals surface area contributed by atoms with E-state index in [0.717, 1.165) is 43.1 Å². The van der Waals surface area contributed by atoms with Gasteiger partial charge in [-0.15, -0.1) is 0 Å². The number of rotatable bonds is 0. The first-order valence-electron chi connectivity index (χ1n) is 6.47. The van der Waals surface area contributed by atoms with E-state index >= 15 is 0 Å². The Labute approximate surface area is 117 Å². The molecule has 3 rings (SSSR count). The highest BCUT2D eigenvalue weighted by Gasteiger charge is 2.11. The number of hydrogen-bond acceptors (Lipinski definition) is 2. The molecule has 0 N–H and O–H groups in total. The fraction of sp³-hybridized carbons (Fsp3) is 0.400. The van der Waals surface area contributed by atoms with Crippen LogP contribution in [0.5, 0.6) is 0 Å². The van der Waals surface area contributed by atoms with Crippen LogP contribution in [0.1, 0.15) is 24.2 Å². The quantitative estimate of drug-likeness (QED) is 0.690. The van der Waals surface area contributed by atoms with E-state index in [-0.39, 0.29) is 0 Å². The van der Waals surface area contributed by atoms with E-state index in [9.17, 15) is 0 Å². The summed E-state index contributed by atoms with van der Waals surface area (Å²) in [6, 6.07) is 3.76. The van der Waals surface area contributed by atoms with Gasteiger partial charge in [-0.3, -0.25) is 0 Å². The Morgan fingerprint density at radius 1 is 1.37 bits per heavy atom. The van der Waals surface area contributed by atoms with Crippen molar-refractivity contribution < 1.29 is 4.74 Å². The maximum atomic E-state index is 6.00. The number of imidazole rings is 1. The fourth-order valence-corrected chi connectivity index (χ4v) is 2.43. The number of ether oxygens (including phenoxy) is 1. The van der Waals surface area contributed by atoms with Gasteiger partial charge in [-0.05, 0) is 37.8 Å². The number of hydrogen-bond donors (Lipinski definition) is 0. The van der Waals surface area contributed by atoms with Crippen LogP contribution < -0.4 is 0 Å². The summed E-state index contributed by atoms with van der Waals surface area (Å²) in [5.41, 5.74) is 2.77. The van der Waals surface area contributed by atoms with Gasteiger partial charge in [0.05, 0.1) is 10.7 Å². The van der Waals surface area contributed by atoms with E-state index in [2.05, 4.69) is 16.8 Å².